The summed E-state index contributed by atoms with van der Waals surface area (Å²) < 4.78 is 10.8. The lowest BCUT2D eigenvalue weighted by molar-refractivity contribution is -0.171. The molecule has 2 aliphatic carbocycles. The van der Waals surface area contributed by atoms with Crippen molar-refractivity contribution >= 4 is 11.9 Å². The van der Waals surface area contributed by atoms with E-state index in [-0.39, 0.29) is 35.4 Å². The summed E-state index contributed by atoms with van der Waals surface area (Å²) >= 11 is 0. The Morgan fingerprint density at radius 2 is 1.75 bits per heavy atom. The van der Waals surface area contributed by atoms with E-state index in [0.717, 1.165) is 25.7 Å². The smallest absolute Gasteiger partial charge is 0.308 e. The first-order valence-corrected chi connectivity index (χ1v) is 9.14. The molecule has 2 unspecified atom stereocenters. The number of hydrogen-bond donors (Lipinski definition) is 2. The molecule has 0 spiro atoms. The standard InChI is InChI=1S/C18H32N2O4/c1-5-23-14-11-18(19,17(14,3)4)16(22)20-13-9-7-12(8-10-13)15(21)24-6-2/h12-14H,5-11,19H2,1-4H3,(H,20,22). The van der Waals surface area contributed by atoms with Crippen molar-refractivity contribution in [1.82, 2.24) is 5.32 Å². The third kappa shape index (κ3) is 3.45. The van der Waals surface area contributed by atoms with Crippen LogP contribution in [0.5, 0.6) is 0 Å². The van der Waals surface area contributed by atoms with Crippen LogP contribution in [0.15, 0.2) is 0 Å². The molecule has 138 valence electrons. The van der Waals surface area contributed by atoms with Crippen LogP contribution < -0.4 is 11.1 Å². The van der Waals surface area contributed by atoms with Crippen molar-refractivity contribution in [2.24, 2.45) is 17.1 Å². The summed E-state index contributed by atoms with van der Waals surface area (Å²) in [5, 5.41) is 3.10. The summed E-state index contributed by atoms with van der Waals surface area (Å²) in [5.74, 6) is -0.243. The Bertz CT molecular complexity index is 472. The third-order valence-corrected chi connectivity index (χ3v) is 5.92. The highest BCUT2D eigenvalue weighted by molar-refractivity contribution is 5.89. The number of nitrogens with one attached hydrogen (secondary N) is 1. The summed E-state index contributed by atoms with van der Waals surface area (Å²) in [7, 11) is 0. The zero-order chi connectivity index (χ0) is 18.0. The van der Waals surface area contributed by atoms with Gasteiger partial charge in [0.15, 0.2) is 0 Å². The Morgan fingerprint density at radius 3 is 2.25 bits per heavy atom. The van der Waals surface area contributed by atoms with Crippen LogP contribution in [0.25, 0.3) is 0 Å². The lowest BCUT2D eigenvalue weighted by Crippen LogP contribution is -2.76. The van der Waals surface area contributed by atoms with Crippen molar-refractivity contribution in [2.45, 2.75) is 77.5 Å². The maximum absolute atomic E-state index is 12.7. The molecule has 3 N–H and O–H groups in total. The number of amides is 1. The number of rotatable bonds is 6. The Labute approximate surface area is 144 Å². The Morgan fingerprint density at radius 1 is 1.12 bits per heavy atom. The largest absolute Gasteiger partial charge is 0.466 e. The van der Waals surface area contributed by atoms with Crippen LogP contribution >= 0.6 is 0 Å². The van der Waals surface area contributed by atoms with Gasteiger partial charge in [-0.3, -0.25) is 9.59 Å². The maximum atomic E-state index is 12.7. The van der Waals surface area contributed by atoms with Crippen LogP contribution in [-0.4, -0.2) is 42.8 Å². The van der Waals surface area contributed by atoms with E-state index in [4.69, 9.17) is 15.2 Å². The molecule has 1 amide bonds. The third-order valence-electron chi connectivity index (χ3n) is 5.92. The molecule has 6 nitrogen and oxygen atoms in total. The second-order valence-electron chi connectivity index (χ2n) is 7.62. The summed E-state index contributed by atoms with van der Waals surface area (Å²) in [6.45, 7) is 8.81. The molecule has 2 rings (SSSR count). The van der Waals surface area contributed by atoms with Crippen LogP contribution in [0.2, 0.25) is 0 Å². The average Bonchev–Trinajstić information content (AvgIpc) is 2.55. The topological polar surface area (TPSA) is 90.7 Å². The Hall–Kier alpha value is -1.14. The molecule has 0 aromatic heterocycles. The zero-order valence-electron chi connectivity index (χ0n) is 15.4. The van der Waals surface area contributed by atoms with Gasteiger partial charge in [-0.1, -0.05) is 13.8 Å². The molecule has 0 aromatic carbocycles. The zero-order valence-corrected chi connectivity index (χ0v) is 15.4. The summed E-state index contributed by atoms with van der Waals surface area (Å²) in [6, 6.07) is 0.0885. The van der Waals surface area contributed by atoms with Gasteiger partial charge in [-0.25, -0.2) is 0 Å². The lowest BCUT2D eigenvalue weighted by Gasteiger charge is -2.57. The lowest BCUT2D eigenvalue weighted by atomic mass is 9.54. The van der Waals surface area contributed by atoms with Crippen molar-refractivity contribution in [1.29, 1.82) is 0 Å². The Balaban J connectivity index is 1.85. The molecule has 0 aromatic rings. The highest BCUT2D eigenvalue weighted by Crippen LogP contribution is 2.50. The predicted molar refractivity (Wildman–Crippen MR) is 91.3 cm³/mol. The number of nitrogens with two attached hydrogens (primary N) is 1. The van der Waals surface area contributed by atoms with Gasteiger partial charge in [0.05, 0.1) is 18.6 Å². The van der Waals surface area contributed by atoms with Gasteiger partial charge >= 0.3 is 5.97 Å². The van der Waals surface area contributed by atoms with Crippen molar-refractivity contribution in [2.75, 3.05) is 13.2 Å². The van der Waals surface area contributed by atoms with Gasteiger partial charge in [0, 0.05) is 24.5 Å². The van der Waals surface area contributed by atoms with Crippen molar-refractivity contribution < 1.29 is 19.1 Å². The van der Waals surface area contributed by atoms with Crippen LogP contribution in [-0.2, 0) is 19.1 Å². The van der Waals surface area contributed by atoms with Gasteiger partial charge < -0.3 is 20.5 Å². The number of ether oxygens (including phenoxy) is 2. The number of esters is 1. The van der Waals surface area contributed by atoms with Crippen LogP contribution in [0.3, 0.4) is 0 Å². The molecule has 2 fully saturated rings. The molecular weight excluding hydrogens is 308 g/mol. The molecule has 2 saturated carbocycles. The van der Waals surface area contributed by atoms with Gasteiger partial charge in [-0.05, 0) is 39.5 Å². The predicted octanol–water partition coefficient (Wildman–Crippen LogP) is 1.76. The molecule has 24 heavy (non-hydrogen) atoms. The highest BCUT2D eigenvalue weighted by Gasteiger charge is 2.63. The van der Waals surface area contributed by atoms with Crippen LogP contribution in [0.4, 0.5) is 0 Å². The molecule has 0 radical (unpaired) electrons. The van der Waals surface area contributed by atoms with E-state index in [1.807, 2.05) is 27.7 Å². The second kappa shape index (κ2) is 7.40. The average molecular weight is 340 g/mol. The van der Waals surface area contributed by atoms with E-state index in [1.165, 1.54) is 0 Å². The van der Waals surface area contributed by atoms with Crippen LogP contribution in [0, 0.1) is 11.3 Å². The molecule has 6 heteroatoms. The number of hydrogen-bond acceptors (Lipinski definition) is 5. The molecule has 0 bridgehead atoms. The molecule has 2 aliphatic rings. The molecule has 2 atom stereocenters. The normalized spacial score (nSPS) is 35.0. The Kier molecular flexibility index (Phi) is 5.91. The second-order valence-corrected chi connectivity index (χ2v) is 7.62. The fraction of sp³-hybridized carbons (Fsp3) is 0.889. The fourth-order valence-corrected chi connectivity index (χ4v) is 3.87. The van der Waals surface area contributed by atoms with Gasteiger partial charge in [-0.2, -0.15) is 0 Å². The number of carbonyl (C=O) groups is 2. The maximum Gasteiger partial charge on any atom is 0.308 e. The molecular formula is C18H32N2O4. The van der Waals surface area contributed by atoms with E-state index < -0.39 is 5.54 Å². The van der Waals surface area contributed by atoms with E-state index >= 15 is 0 Å². The van der Waals surface area contributed by atoms with Gasteiger partial charge in [0.1, 0.15) is 5.54 Å². The van der Waals surface area contributed by atoms with E-state index in [9.17, 15) is 9.59 Å². The molecule has 0 heterocycles. The summed E-state index contributed by atoms with van der Waals surface area (Å²) in [6.07, 6.45) is 3.68. The quantitative estimate of drug-likeness (QED) is 0.719. The van der Waals surface area contributed by atoms with Crippen LogP contribution in [0.1, 0.15) is 59.8 Å². The van der Waals surface area contributed by atoms with E-state index in [0.29, 0.717) is 19.6 Å². The SMILES string of the molecule is CCOC(=O)C1CCC(NC(=O)C2(N)CC(OCC)C2(C)C)CC1. The molecule has 0 saturated heterocycles. The van der Waals surface area contributed by atoms with Gasteiger partial charge in [-0.15, -0.1) is 0 Å². The first kappa shape index (κ1) is 19.2. The minimum absolute atomic E-state index is 0.0257. The monoisotopic (exact) mass is 340 g/mol. The van der Waals surface area contributed by atoms with E-state index in [2.05, 4.69) is 5.32 Å². The highest BCUT2D eigenvalue weighted by atomic mass is 16.5. The van der Waals surface area contributed by atoms with Crippen molar-refractivity contribution in [3.05, 3.63) is 0 Å². The molecule has 0 aliphatic heterocycles. The first-order chi connectivity index (χ1) is 11.3. The van der Waals surface area contributed by atoms with Gasteiger partial charge in [0.25, 0.3) is 0 Å². The van der Waals surface area contributed by atoms with E-state index in [1.54, 1.807) is 0 Å². The van der Waals surface area contributed by atoms with Gasteiger partial charge in [0.2, 0.25) is 5.91 Å². The first-order valence-electron chi connectivity index (χ1n) is 9.14. The van der Waals surface area contributed by atoms with Crippen molar-refractivity contribution in [3.8, 4) is 0 Å². The minimum atomic E-state index is -0.884. The fourth-order valence-electron chi connectivity index (χ4n) is 3.87. The summed E-state index contributed by atoms with van der Waals surface area (Å²) in [5.41, 5.74) is 5.15. The van der Waals surface area contributed by atoms with Crippen molar-refractivity contribution in [3.63, 3.8) is 0 Å². The summed E-state index contributed by atoms with van der Waals surface area (Å²) in [4.78, 5) is 24.5. The number of carbonyl (C=O) groups excluding carboxylic acids is 2. The minimum Gasteiger partial charge on any atom is -0.466 e.